The molecular formula is C88H105NO3. The molecule has 0 amide bonds. The van der Waals surface area contributed by atoms with Crippen molar-refractivity contribution in [3.05, 3.63) is 270 Å². The van der Waals surface area contributed by atoms with Gasteiger partial charge in [0.2, 0.25) is 0 Å². The minimum atomic E-state index is -0.777. The third-order valence-corrected chi connectivity index (χ3v) is 21.6. The third-order valence-electron chi connectivity index (χ3n) is 21.6. The average Bonchev–Trinajstić information content (AvgIpc) is 1.51. The van der Waals surface area contributed by atoms with Gasteiger partial charge in [0.05, 0.1) is 49.2 Å². The molecule has 4 nitrogen and oxygen atoms in total. The highest BCUT2D eigenvalue weighted by molar-refractivity contribution is 5.93. The number of hydrogen-bond acceptors (Lipinski definition) is 4. The Morgan fingerprint density at radius 1 is 0.696 bits per heavy atom. The quantitative estimate of drug-likeness (QED) is 0.0549. The van der Waals surface area contributed by atoms with E-state index < -0.39 is 10.8 Å². The number of aryl methyl sites for hydroxylation is 6. The van der Waals surface area contributed by atoms with E-state index >= 15 is 0 Å². The van der Waals surface area contributed by atoms with Gasteiger partial charge in [-0.25, -0.2) is 0 Å². The van der Waals surface area contributed by atoms with E-state index in [1.165, 1.54) is 140 Å². The SMILES string of the molecule is C=C(C)/C=C1\C(=C)/C(=C/C=C/C)C(=C)C1(c1cc(C)c(CCC(C)CC)c(CO)c1)c1cc(C)c(CCC2CO2)c(CC#N)c1.C=C(CCC1CC1)c1cccc2c1-c1ccccc1C2(c1cc(C)c(CCC(C)CC)c(C)c1)c1cc(C)c(OCC2CC2)c(C)c1. The Morgan fingerprint density at radius 3 is 1.79 bits per heavy atom. The standard InChI is InChI=1S/C46H54O.C42H51NO2/c1-8-29(2)16-23-39-31(4)24-37(25-32(39)5)46(38-26-33(6)45(34(7)27-38)47-28-36-21-22-36)42-14-10-9-12-41(42)44-40(13-11-15-43(44)46)30(3)17-18-35-19-20-35;1-10-12-13-40-31(8)41(20-27(3)4)42(32(40)9,36-22-30(7)39(34(24-36)25-44)16-14-28(5)11-2)35-21-29(6)38(17-15-37-26-45-37)33(23-35)18-19-43/h9-15,24-27,29,35-36H,3,8,16-23,28H2,1-2,4-7H3;10,12-13,20-24,28,37,44H,3,8-9,11,14-18,25-26H2,1-2,4-7H3/b;12-10+,40-13-,41-20+. The lowest BCUT2D eigenvalue weighted by molar-refractivity contribution is 0.280. The second-order valence-electron chi connectivity index (χ2n) is 28.6. The molecule has 1 aliphatic heterocycles. The highest BCUT2D eigenvalue weighted by Gasteiger charge is 2.51. The number of nitrogens with zero attached hydrogens (tertiary/aromatic N) is 1. The second kappa shape index (κ2) is 28.9. The molecule has 0 radical (unpaired) electrons. The molecule has 0 spiro atoms. The molecule has 1 N–H and O–H groups in total. The van der Waals surface area contributed by atoms with Crippen molar-refractivity contribution in [3.63, 3.8) is 0 Å². The first-order chi connectivity index (χ1) is 44.2. The van der Waals surface area contributed by atoms with Crippen LogP contribution in [0.3, 0.4) is 0 Å². The molecule has 92 heavy (non-hydrogen) atoms. The summed E-state index contributed by atoms with van der Waals surface area (Å²) in [6.45, 7) is 46.8. The van der Waals surface area contributed by atoms with E-state index in [-0.39, 0.29) is 6.61 Å². The molecule has 4 heteroatoms. The molecule has 6 aromatic rings. The van der Waals surface area contributed by atoms with Crippen LogP contribution in [0.5, 0.6) is 5.75 Å². The largest absolute Gasteiger partial charge is 0.493 e. The van der Waals surface area contributed by atoms with E-state index in [0.29, 0.717) is 18.4 Å². The first kappa shape index (κ1) is 67.6. The van der Waals surface area contributed by atoms with Crippen LogP contribution in [0.4, 0.5) is 0 Å². The Morgan fingerprint density at radius 2 is 1.24 bits per heavy atom. The van der Waals surface area contributed by atoms with Gasteiger partial charge in [-0.1, -0.05) is 201 Å². The van der Waals surface area contributed by atoms with Crippen molar-refractivity contribution >= 4 is 5.57 Å². The molecule has 3 saturated carbocycles. The molecule has 4 fully saturated rings. The van der Waals surface area contributed by atoms with Crippen molar-refractivity contribution < 1.29 is 14.6 Å². The summed E-state index contributed by atoms with van der Waals surface area (Å²) in [5.74, 6) is 4.05. The lowest BCUT2D eigenvalue weighted by atomic mass is 9.65. The van der Waals surface area contributed by atoms with Crippen molar-refractivity contribution in [1.82, 2.24) is 0 Å². The lowest BCUT2D eigenvalue weighted by Gasteiger charge is -2.36. The highest BCUT2D eigenvalue weighted by Crippen LogP contribution is 2.61. The smallest absolute Gasteiger partial charge is 0.125 e. The Labute approximate surface area is 554 Å². The number of allylic oxidation sites excluding steroid dienone is 10. The van der Waals surface area contributed by atoms with Gasteiger partial charge in [-0.15, -0.1) is 0 Å². The number of nitriles is 1. The zero-order chi connectivity index (χ0) is 65.8. The number of ether oxygens (including phenoxy) is 2. The van der Waals surface area contributed by atoms with Crippen LogP contribution >= 0.6 is 0 Å². The zero-order valence-electron chi connectivity index (χ0n) is 58.1. The van der Waals surface area contributed by atoms with Gasteiger partial charge in [0.15, 0.2) is 0 Å². The van der Waals surface area contributed by atoms with Crippen LogP contribution in [0.15, 0.2) is 169 Å². The zero-order valence-corrected chi connectivity index (χ0v) is 58.1. The molecule has 1 heterocycles. The van der Waals surface area contributed by atoms with E-state index in [4.69, 9.17) is 22.6 Å². The predicted molar refractivity (Wildman–Crippen MR) is 388 cm³/mol. The van der Waals surface area contributed by atoms with Gasteiger partial charge in [0.25, 0.3) is 0 Å². The molecule has 480 valence electrons. The van der Waals surface area contributed by atoms with Gasteiger partial charge in [-0.05, 0) is 282 Å². The van der Waals surface area contributed by atoms with Crippen molar-refractivity contribution in [2.45, 2.75) is 203 Å². The van der Waals surface area contributed by atoms with Crippen LogP contribution in [0.1, 0.15) is 212 Å². The number of fused-ring (bicyclic) bond motifs is 3. The Bertz CT molecular complexity index is 3900. The summed E-state index contributed by atoms with van der Waals surface area (Å²) in [7, 11) is 0. The minimum Gasteiger partial charge on any atom is -0.493 e. The second-order valence-corrected chi connectivity index (χ2v) is 28.6. The van der Waals surface area contributed by atoms with Gasteiger partial charge in [-0.2, -0.15) is 5.26 Å². The summed E-state index contributed by atoms with van der Waals surface area (Å²) < 4.78 is 12.0. The molecule has 5 unspecified atom stereocenters. The maximum Gasteiger partial charge on any atom is 0.125 e. The molecule has 6 aromatic carbocycles. The summed E-state index contributed by atoms with van der Waals surface area (Å²) in [6, 6.07) is 37.7. The van der Waals surface area contributed by atoms with Crippen LogP contribution in [0.25, 0.3) is 16.7 Å². The van der Waals surface area contributed by atoms with E-state index in [2.05, 4.69) is 192 Å². The number of benzene rings is 6. The summed E-state index contributed by atoms with van der Waals surface area (Å²) in [6.07, 6.45) is 25.3. The normalized spacial score (nSPS) is 20.5. The molecule has 0 aromatic heterocycles. The number of aliphatic hydroxyl groups is 1. The summed E-state index contributed by atoms with van der Waals surface area (Å²) in [5, 5.41) is 20.7. The molecule has 4 aliphatic carbocycles. The van der Waals surface area contributed by atoms with E-state index in [9.17, 15) is 10.4 Å². The third kappa shape index (κ3) is 13.7. The van der Waals surface area contributed by atoms with Crippen LogP contribution in [-0.4, -0.2) is 24.4 Å². The summed E-state index contributed by atoms with van der Waals surface area (Å²) in [4.78, 5) is 0. The number of rotatable bonds is 26. The summed E-state index contributed by atoms with van der Waals surface area (Å²) >= 11 is 0. The van der Waals surface area contributed by atoms with Gasteiger partial charge < -0.3 is 14.6 Å². The first-order valence-corrected chi connectivity index (χ1v) is 35.0. The van der Waals surface area contributed by atoms with Crippen LogP contribution in [0.2, 0.25) is 0 Å². The maximum atomic E-state index is 10.8. The van der Waals surface area contributed by atoms with E-state index in [1.807, 2.05) is 26.0 Å². The van der Waals surface area contributed by atoms with Gasteiger partial charge in [0.1, 0.15) is 5.75 Å². The van der Waals surface area contributed by atoms with Gasteiger partial charge in [0, 0.05) is 0 Å². The van der Waals surface area contributed by atoms with Crippen molar-refractivity contribution in [1.29, 1.82) is 5.26 Å². The molecule has 11 rings (SSSR count). The fourth-order valence-electron chi connectivity index (χ4n) is 15.4. The van der Waals surface area contributed by atoms with Gasteiger partial charge >= 0.3 is 0 Å². The summed E-state index contributed by atoms with van der Waals surface area (Å²) in [5.41, 5.74) is 30.2. The molecule has 1 saturated heterocycles. The highest BCUT2D eigenvalue weighted by atomic mass is 16.6. The van der Waals surface area contributed by atoms with Crippen molar-refractivity contribution in [2.24, 2.45) is 23.7 Å². The van der Waals surface area contributed by atoms with E-state index in [0.717, 1.165) is 132 Å². The number of aliphatic hydroxyl groups excluding tert-OH is 1. The topological polar surface area (TPSA) is 65.8 Å². The molecular weight excluding hydrogens is 1120 g/mol. The fraction of sp³-hybridized carbons (Fsp3) is 0.420. The average molecular weight is 1220 g/mol. The number of epoxide rings is 1. The Kier molecular flexibility index (Phi) is 21.3. The van der Waals surface area contributed by atoms with Gasteiger partial charge in [-0.3, -0.25) is 0 Å². The van der Waals surface area contributed by atoms with Crippen molar-refractivity contribution in [3.8, 4) is 22.9 Å². The molecule has 0 bridgehead atoms. The lowest BCUT2D eigenvalue weighted by Crippen LogP contribution is -2.30. The molecule has 5 aliphatic rings. The van der Waals surface area contributed by atoms with Crippen LogP contribution in [-0.2, 0) is 47.9 Å². The predicted octanol–water partition coefficient (Wildman–Crippen LogP) is 21.8. The minimum absolute atomic E-state index is 0.0320. The number of hydrogen-bond donors (Lipinski definition) is 1. The van der Waals surface area contributed by atoms with Crippen LogP contribution < -0.4 is 4.74 Å². The Balaban J connectivity index is 0.000000202. The maximum absolute atomic E-state index is 10.8. The first-order valence-electron chi connectivity index (χ1n) is 35.0. The fourth-order valence-corrected chi connectivity index (χ4v) is 15.4. The molecule has 5 atom stereocenters. The van der Waals surface area contributed by atoms with E-state index in [1.54, 1.807) is 0 Å². The monoisotopic (exact) mass is 1220 g/mol. The Hall–Kier alpha value is -7.29. The van der Waals surface area contributed by atoms with Crippen molar-refractivity contribution in [2.75, 3.05) is 13.2 Å². The van der Waals surface area contributed by atoms with Crippen LogP contribution in [0, 0.1) is 76.5 Å².